The minimum absolute atomic E-state index is 0.313. The number of carbonyl (C=O) groups is 1. The lowest BCUT2D eigenvalue weighted by atomic mass is 10.2. The van der Waals surface area contributed by atoms with Crippen molar-refractivity contribution >= 4 is 48.9 Å². The molecule has 0 aliphatic carbocycles. The fraction of sp³-hybridized carbons (Fsp3) is 0.118. The van der Waals surface area contributed by atoms with Crippen LogP contribution < -0.4 is 11.0 Å². The van der Waals surface area contributed by atoms with Crippen LogP contribution >= 0.6 is 22.7 Å². The van der Waals surface area contributed by atoms with Crippen LogP contribution in [0.15, 0.2) is 35.4 Å². The van der Waals surface area contributed by atoms with Crippen LogP contribution in [0.1, 0.15) is 20.1 Å². The van der Waals surface area contributed by atoms with E-state index in [2.05, 4.69) is 10.4 Å². The van der Waals surface area contributed by atoms with Gasteiger partial charge in [-0.3, -0.25) is 15.0 Å². The molecule has 25 heavy (non-hydrogen) atoms. The molecular formula is C17H12FN3O2S2. The van der Waals surface area contributed by atoms with E-state index < -0.39 is 5.91 Å². The number of nitrogens with one attached hydrogen (secondary N) is 1. The normalized spacial score (nSPS) is 11.3. The second-order valence-electron chi connectivity index (χ2n) is 5.62. The van der Waals surface area contributed by atoms with Gasteiger partial charge in [0.1, 0.15) is 17.0 Å². The third kappa shape index (κ3) is 2.63. The van der Waals surface area contributed by atoms with Gasteiger partial charge in [-0.2, -0.15) is 0 Å². The highest BCUT2D eigenvalue weighted by atomic mass is 32.1. The first kappa shape index (κ1) is 15.9. The predicted molar refractivity (Wildman–Crippen MR) is 98.8 cm³/mol. The van der Waals surface area contributed by atoms with Crippen molar-refractivity contribution in [3.05, 3.63) is 62.1 Å². The minimum atomic E-state index is -0.436. The van der Waals surface area contributed by atoms with Crippen molar-refractivity contribution in [2.75, 3.05) is 5.43 Å². The second kappa shape index (κ2) is 5.75. The minimum Gasteiger partial charge on any atom is -0.267 e. The third-order valence-electron chi connectivity index (χ3n) is 4.01. The second-order valence-corrected chi connectivity index (χ2v) is 7.90. The lowest BCUT2D eigenvalue weighted by molar-refractivity contribution is 0.101. The van der Waals surface area contributed by atoms with Crippen LogP contribution in [0.2, 0.25) is 0 Å². The molecule has 126 valence electrons. The molecule has 0 atom stereocenters. The number of aromatic nitrogens is 2. The maximum absolute atomic E-state index is 13.3. The fourth-order valence-corrected chi connectivity index (χ4v) is 4.53. The van der Waals surface area contributed by atoms with E-state index in [0.717, 1.165) is 19.8 Å². The molecule has 4 aromatic rings. The van der Waals surface area contributed by atoms with Crippen LogP contribution in [0.25, 0.3) is 20.3 Å². The molecule has 1 amide bonds. The molecule has 0 spiro atoms. The molecule has 0 bridgehead atoms. The maximum Gasteiger partial charge on any atom is 0.281 e. The number of fused-ring (bicyclic) bond motifs is 2. The number of aryl methyl sites for hydroxylation is 2. The van der Waals surface area contributed by atoms with E-state index in [1.54, 1.807) is 12.1 Å². The molecule has 0 aliphatic heterocycles. The first-order valence-corrected chi connectivity index (χ1v) is 9.05. The maximum atomic E-state index is 13.3. The van der Waals surface area contributed by atoms with Gasteiger partial charge < -0.3 is 0 Å². The summed E-state index contributed by atoms with van der Waals surface area (Å²) < 4.78 is 15.2. The lowest BCUT2D eigenvalue weighted by Crippen LogP contribution is -2.32. The number of thiophene rings is 2. The summed E-state index contributed by atoms with van der Waals surface area (Å²) >= 11 is 2.69. The van der Waals surface area contributed by atoms with Gasteiger partial charge in [-0.25, -0.2) is 14.1 Å². The average molecular weight is 373 g/mol. The van der Waals surface area contributed by atoms with Crippen molar-refractivity contribution in [3.63, 3.8) is 0 Å². The monoisotopic (exact) mass is 373 g/mol. The number of rotatable bonds is 2. The molecule has 0 fully saturated rings. The predicted octanol–water partition coefficient (Wildman–Crippen LogP) is 3.81. The van der Waals surface area contributed by atoms with E-state index in [-0.39, 0.29) is 11.4 Å². The highest BCUT2D eigenvalue weighted by Crippen LogP contribution is 2.27. The van der Waals surface area contributed by atoms with Crippen molar-refractivity contribution in [2.45, 2.75) is 13.8 Å². The first-order valence-electron chi connectivity index (χ1n) is 7.42. The summed E-state index contributed by atoms with van der Waals surface area (Å²) in [6.07, 6.45) is 1.31. The van der Waals surface area contributed by atoms with Crippen molar-refractivity contribution in [1.29, 1.82) is 0 Å². The molecular weight excluding hydrogens is 361 g/mol. The standard InChI is InChI=1S/C17H12FN3O2S2/c1-8-9(2)24-16-14(8)17(23)21(7-19-16)20-15(22)13-6-10-5-11(18)3-4-12(10)25-13/h3-7H,1-2H3,(H,20,22). The first-order chi connectivity index (χ1) is 11.9. The SMILES string of the molecule is Cc1sc2ncn(NC(=O)c3cc4cc(F)ccc4s3)c(=O)c2c1C. The van der Waals surface area contributed by atoms with Crippen LogP contribution in [-0.4, -0.2) is 15.6 Å². The van der Waals surface area contributed by atoms with Gasteiger partial charge >= 0.3 is 0 Å². The van der Waals surface area contributed by atoms with E-state index in [4.69, 9.17) is 0 Å². The molecule has 3 heterocycles. The van der Waals surface area contributed by atoms with E-state index in [9.17, 15) is 14.0 Å². The highest BCUT2D eigenvalue weighted by Gasteiger charge is 2.15. The summed E-state index contributed by atoms with van der Waals surface area (Å²) in [4.78, 5) is 31.4. The summed E-state index contributed by atoms with van der Waals surface area (Å²) in [5.74, 6) is -0.791. The Balaban J connectivity index is 1.72. The van der Waals surface area contributed by atoms with Crippen LogP contribution in [0.4, 0.5) is 4.39 Å². The molecule has 0 aliphatic rings. The number of nitrogens with zero attached hydrogens (tertiary/aromatic N) is 2. The highest BCUT2D eigenvalue weighted by molar-refractivity contribution is 7.21. The summed E-state index contributed by atoms with van der Waals surface area (Å²) in [5.41, 5.74) is 3.12. The molecule has 0 unspecified atom stereocenters. The summed E-state index contributed by atoms with van der Waals surface area (Å²) in [7, 11) is 0. The van der Waals surface area contributed by atoms with Gasteiger partial charge in [-0.15, -0.1) is 22.7 Å². The zero-order valence-electron chi connectivity index (χ0n) is 13.3. The Morgan fingerprint density at radius 2 is 2.04 bits per heavy atom. The Labute approximate surface area is 149 Å². The number of carbonyl (C=O) groups excluding carboxylic acids is 1. The van der Waals surface area contributed by atoms with Gasteiger partial charge in [0.15, 0.2) is 0 Å². The Bertz CT molecular complexity index is 1210. The molecule has 0 saturated carbocycles. The van der Waals surface area contributed by atoms with E-state index in [0.29, 0.717) is 20.5 Å². The quantitative estimate of drug-likeness (QED) is 0.581. The van der Waals surface area contributed by atoms with Crippen molar-refractivity contribution in [3.8, 4) is 0 Å². The van der Waals surface area contributed by atoms with Crippen molar-refractivity contribution in [1.82, 2.24) is 9.66 Å². The van der Waals surface area contributed by atoms with Gasteiger partial charge in [0.25, 0.3) is 11.5 Å². The van der Waals surface area contributed by atoms with Gasteiger partial charge in [0.05, 0.1) is 10.3 Å². The zero-order chi connectivity index (χ0) is 17.7. The Morgan fingerprint density at radius 1 is 1.24 bits per heavy atom. The molecule has 3 aromatic heterocycles. The number of halogens is 1. The van der Waals surface area contributed by atoms with Gasteiger partial charge in [-0.05, 0) is 49.1 Å². The largest absolute Gasteiger partial charge is 0.281 e. The molecule has 0 saturated heterocycles. The topological polar surface area (TPSA) is 64.0 Å². The number of hydrogen-bond donors (Lipinski definition) is 1. The Hall–Kier alpha value is -2.58. The molecule has 4 rings (SSSR count). The van der Waals surface area contributed by atoms with Gasteiger partial charge in [-0.1, -0.05) is 0 Å². The van der Waals surface area contributed by atoms with Crippen molar-refractivity contribution in [2.24, 2.45) is 0 Å². The lowest BCUT2D eigenvalue weighted by Gasteiger charge is -2.06. The molecule has 1 N–H and O–H groups in total. The van der Waals surface area contributed by atoms with E-state index in [1.807, 2.05) is 13.8 Å². The third-order valence-corrected chi connectivity index (χ3v) is 6.24. The summed E-state index contributed by atoms with van der Waals surface area (Å²) in [6.45, 7) is 3.80. The van der Waals surface area contributed by atoms with E-state index in [1.165, 1.54) is 41.1 Å². The van der Waals surface area contributed by atoms with Crippen molar-refractivity contribution < 1.29 is 9.18 Å². The Morgan fingerprint density at radius 3 is 2.84 bits per heavy atom. The van der Waals surface area contributed by atoms with E-state index >= 15 is 0 Å². The van der Waals surface area contributed by atoms with Crippen LogP contribution in [0.5, 0.6) is 0 Å². The van der Waals surface area contributed by atoms with Crippen LogP contribution in [0, 0.1) is 19.7 Å². The molecule has 8 heteroatoms. The number of amides is 1. The number of benzene rings is 1. The zero-order valence-corrected chi connectivity index (χ0v) is 14.9. The molecule has 1 aromatic carbocycles. The van der Waals surface area contributed by atoms with Crippen LogP contribution in [-0.2, 0) is 0 Å². The Kier molecular flexibility index (Phi) is 3.66. The van der Waals surface area contributed by atoms with Crippen LogP contribution in [0.3, 0.4) is 0 Å². The molecule has 0 radical (unpaired) electrons. The summed E-state index contributed by atoms with van der Waals surface area (Å²) in [6, 6.07) is 5.96. The van der Waals surface area contributed by atoms with Gasteiger partial charge in [0.2, 0.25) is 0 Å². The smallest absolute Gasteiger partial charge is 0.267 e. The van der Waals surface area contributed by atoms with Gasteiger partial charge in [0, 0.05) is 9.58 Å². The molecule has 5 nitrogen and oxygen atoms in total. The fourth-order valence-electron chi connectivity index (χ4n) is 2.61. The summed E-state index contributed by atoms with van der Waals surface area (Å²) in [5, 5.41) is 1.17. The average Bonchev–Trinajstić information content (AvgIpc) is 3.11. The number of hydrogen-bond acceptors (Lipinski definition) is 5.